The van der Waals surface area contributed by atoms with Crippen molar-refractivity contribution >= 4 is 22.9 Å². The minimum absolute atomic E-state index is 0.130. The molecule has 0 radical (unpaired) electrons. The summed E-state index contributed by atoms with van der Waals surface area (Å²) in [7, 11) is 2.65. The van der Waals surface area contributed by atoms with Gasteiger partial charge in [0.05, 0.1) is 0 Å². The van der Waals surface area contributed by atoms with Crippen LogP contribution < -0.4 is 0 Å². The summed E-state index contributed by atoms with van der Waals surface area (Å²) >= 11 is 4.97. The van der Waals surface area contributed by atoms with Crippen LogP contribution in [-0.2, 0) is 9.53 Å². The summed E-state index contributed by atoms with van der Waals surface area (Å²) in [5.74, 6) is -0.456. The van der Waals surface area contributed by atoms with E-state index in [1.54, 1.807) is 0 Å². The van der Waals surface area contributed by atoms with Gasteiger partial charge in [-0.2, -0.15) is 0 Å². The zero-order valence-electron chi connectivity index (χ0n) is 5.76. The third-order valence-corrected chi connectivity index (χ3v) is 1.16. The van der Waals surface area contributed by atoms with Gasteiger partial charge in [-0.05, 0) is 11.6 Å². The third-order valence-electron chi connectivity index (χ3n) is 0.906. The maximum absolute atomic E-state index is 10.7. The Morgan fingerprint density at radius 1 is 1.60 bits per heavy atom. The van der Waals surface area contributed by atoms with E-state index < -0.39 is 11.3 Å². The van der Waals surface area contributed by atoms with Gasteiger partial charge in [0.15, 0.2) is 0 Å². The molecule has 0 aromatic heterocycles. The molecule has 2 amide bonds. The lowest BCUT2D eigenvalue weighted by atomic mass is 10.6. The van der Waals surface area contributed by atoms with Crippen LogP contribution in [0.4, 0.5) is 4.79 Å². The molecule has 0 aliphatic rings. The van der Waals surface area contributed by atoms with Gasteiger partial charge >= 0.3 is 5.37 Å². The van der Waals surface area contributed by atoms with E-state index in [1.807, 2.05) is 0 Å². The minimum Gasteiger partial charge on any atom is -0.375 e. The predicted molar refractivity (Wildman–Crippen MR) is 35.9 cm³/mol. The standard InChI is InChI=1S/C5H8ClNO3/c1-7(5(6)9)4(8)3-10-2/h3H2,1-2H3. The summed E-state index contributed by atoms with van der Waals surface area (Å²) in [6, 6.07) is 0. The summed E-state index contributed by atoms with van der Waals surface area (Å²) in [4.78, 5) is 21.7. The minimum atomic E-state index is -0.804. The third kappa shape index (κ3) is 2.80. The second-order valence-corrected chi connectivity index (χ2v) is 1.96. The Balaban J connectivity index is 3.82. The van der Waals surface area contributed by atoms with Gasteiger partial charge in [-0.3, -0.25) is 14.5 Å². The predicted octanol–water partition coefficient (Wildman–Crippen LogP) is 0.450. The molecule has 0 spiro atoms. The zero-order valence-corrected chi connectivity index (χ0v) is 6.51. The van der Waals surface area contributed by atoms with E-state index in [-0.39, 0.29) is 6.61 Å². The molecule has 0 rings (SSSR count). The topological polar surface area (TPSA) is 46.6 Å². The van der Waals surface area contributed by atoms with Gasteiger partial charge in [0.1, 0.15) is 6.61 Å². The van der Waals surface area contributed by atoms with Crippen molar-refractivity contribution in [1.29, 1.82) is 0 Å². The molecular weight excluding hydrogens is 158 g/mol. The van der Waals surface area contributed by atoms with E-state index in [2.05, 4.69) is 4.74 Å². The highest BCUT2D eigenvalue weighted by molar-refractivity contribution is 6.63. The van der Waals surface area contributed by atoms with Gasteiger partial charge in [-0.1, -0.05) is 0 Å². The smallest absolute Gasteiger partial charge is 0.322 e. The zero-order chi connectivity index (χ0) is 8.15. The Labute approximate surface area is 63.7 Å². The molecule has 0 heterocycles. The summed E-state index contributed by atoms with van der Waals surface area (Å²) in [6.07, 6.45) is 0. The molecule has 0 saturated carbocycles. The summed E-state index contributed by atoms with van der Waals surface area (Å²) in [6.45, 7) is -0.130. The van der Waals surface area contributed by atoms with Gasteiger partial charge in [0.25, 0.3) is 5.91 Å². The molecule has 0 aromatic rings. The van der Waals surface area contributed by atoms with E-state index in [4.69, 9.17) is 11.6 Å². The average molecular weight is 166 g/mol. The van der Waals surface area contributed by atoms with Crippen LogP contribution in [-0.4, -0.2) is 36.9 Å². The van der Waals surface area contributed by atoms with Gasteiger partial charge < -0.3 is 4.74 Å². The molecule has 4 nitrogen and oxygen atoms in total. The molecule has 0 aliphatic carbocycles. The summed E-state index contributed by atoms with van der Waals surface area (Å²) in [5, 5.41) is -0.804. The molecule has 5 heteroatoms. The van der Waals surface area contributed by atoms with Crippen LogP contribution in [0.25, 0.3) is 0 Å². The average Bonchev–Trinajstić information content (AvgIpc) is 1.87. The molecule has 0 aliphatic heterocycles. The van der Waals surface area contributed by atoms with Gasteiger partial charge in [-0.25, -0.2) is 0 Å². The number of imide groups is 1. The van der Waals surface area contributed by atoms with Crippen molar-refractivity contribution in [2.75, 3.05) is 20.8 Å². The second kappa shape index (κ2) is 4.24. The molecule has 0 aromatic carbocycles. The quantitative estimate of drug-likeness (QED) is 0.441. The number of rotatable bonds is 2. The number of nitrogens with zero attached hydrogens (tertiary/aromatic N) is 1. The van der Waals surface area contributed by atoms with Gasteiger partial charge in [0, 0.05) is 14.2 Å². The fraction of sp³-hybridized carbons (Fsp3) is 0.600. The largest absolute Gasteiger partial charge is 0.375 e. The lowest BCUT2D eigenvalue weighted by Crippen LogP contribution is -2.31. The van der Waals surface area contributed by atoms with Gasteiger partial charge in [0.2, 0.25) is 0 Å². The number of halogens is 1. The van der Waals surface area contributed by atoms with Crippen molar-refractivity contribution in [2.45, 2.75) is 0 Å². The van der Waals surface area contributed by atoms with E-state index in [0.717, 1.165) is 4.90 Å². The van der Waals surface area contributed by atoms with Crippen molar-refractivity contribution < 1.29 is 14.3 Å². The highest BCUT2D eigenvalue weighted by Crippen LogP contribution is 1.92. The molecular formula is C5H8ClNO3. The molecule has 58 valence electrons. The van der Waals surface area contributed by atoms with Crippen LogP contribution >= 0.6 is 11.6 Å². The Morgan fingerprint density at radius 2 is 2.10 bits per heavy atom. The van der Waals surface area contributed by atoms with Gasteiger partial charge in [-0.15, -0.1) is 0 Å². The number of likely N-dealkylation sites (N-methyl/N-ethyl adjacent to an activating group) is 1. The fourth-order valence-electron chi connectivity index (χ4n) is 0.318. The summed E-state index contributed by atoms with van der Waals surface area (Å²) < 4.78 is 4.47. The maximum Gasteiger partial charge on any atom is 0.322 e. The van der Waals surface area contributed by atoms with Crippen LogP contribution in [0.3, 0.4) is 0 Å². The summed E-state index contributed by atoms with van der Waals surface area (Å²) in [5.41, 5.74) is 0. The number of carbonyl (C=O) groups is 2. The SMILES string of the molecule is COCC(=O)N(C)C(=O)Cl. The monoisotopic (exact) mass is 165 g/mol. The second-order valence-electron chi connectivity index (χ2n) is 1.64. The van der Waals surface area contributed by atoms with Crippen LogP contribution in [0.1, 0.15) is 0 Å². The molecule has 0 atom stereocenters. The highest BCUT2D eigenvalue weighted by Gasteiger charge is 2.12. The first-order valence-corrected chi connectivity index (χ1v) is 2.92. The van der Waals surface area contributed by atoms with E-state index in [0.29, 0.717) is 0 Å². The molecule has 10 heavy (non-hydrogen) atoms. The van der Waals surface area contributed by atoms with Crippen LogP contribution in [0, 0.1) is 0 Å². The maximum atomic E-state index is 10.7. The molecule has 0 N–H and O–H groups in total. The fourth-order valence-corrected chi connectivity index (χ4v) is 0.413. The highest BCUT2D eigenvalue weighted by atomic mass is 35.5. The van der Waals surface area contributed by atoms with Crippen LogP contribution in [0.15, 0.2) is 0 Å². The van der Waals surface area contributed by atoms with Crippen molar-refractivity contribution in [3.63, 3.8) is 0 Å². The van der Waals surface area contributed by atoms with Crippen molar-refractivity contribution in [3.05, 3.63) is 0 Å². The van der Waals surface area contributed by atoms with Crippen molar-refractivity contribution in [3.8, 4) is 0 Å². The Hall–Kier alpha value is -0.610. The lowest BCUT2D eigenvalue weighted by Gasteiger charge is -2.09. The Kier molecular flexibility index (Phi) is 3.99. The number of carbonyl (C=O) groups excluding carboxylic acids is 2. The van der Waals surface area contributed by atoms with E-state index in [1.165, 1.54) is 14.2 Å². The van der Waals surface area contributed by atoms with Crippen LogP contribution in [0.5, 0.6) is 0 Å². The molecule has 0 saturated heterocycles. The number of amides is 2. The first kappa shape index (κ1) is 9.39. The number of ether oxygens (including phenoxy) is 1. The number of hydrogen-bond acceptors (Lipinski definition) is 3. The van der Waals surface area contributed by atoms with Crippen LogP contribution in [0.2, 0.25) is 0 Å². The normalized spacial score (nSPS) is 9.10. The number of methoxy groups -OCH3 is 1. The Bertz CT molecular complexity index is 148. The van der Waals surface area contributed by atoms with Crippen molar-refractivity contribution in [2.24, 2.45) is 0 Å². The molecule has 0 bridgehead atoms. The Morgan fingerprint density at radius 3 is 2.40 bits per heavy atom. The first-order valence-electron chi connectivity index (χ1n) is 2.54. The van der Waals surface area contributed by atoms with E-state index in [9.17, 15) is 9.59 Å². The first-order chi connectivity index (χ1) is 4.59. The molecule has 0 fully saturated rings. The number of hydrogen-bond donors (Lipinski definition) is 0. The van der Waals surface area contributed by atoms with Crippen molar-refractivity contribution in [1.82, 2.24) is 4.90 Å². The lowest BCUT2D eigenvalue weighted by molar-refractivity contribution is -0.130. The molecule has 0 unspecified atom stereocenters. The van der Waals surface area contributed by atoms with E-state index >= 15 is 0 Å².